The van der Waals surface area contributed by atoms with Crippen molar-refractivity contribution >= 4 is 18.0 Å². The number of nitrogens with zero attached hydrogens (tertiary/aromatic N) is 2. The monoisotopic (exact) mass is 257 g/mol. The second kappa shape index (κ2) is 5.32. The Morgan fingerprint density at radius 2 is 2.22 bits per heavy atom. The van der Waals surface area contributed by atoms with E-state index < -0.39 is 24.0 Å². The smallest absolute Gasteiger partial charge is 0.416 e. The van der Waals surface area contributed by atoms with Gasteiger partial charge < -0.3 is 15.2 Å². The lowest BCUT2D eigenvalue weighted by molar-refractivity contribution is -0.145. The highest BCUT2D eigenvalue weighted by molar-refractivity contribution is 5.94. The van der Waals surface area contributed by atoms with Crippen molar-refractivity contribution in [3.63, 3.8) is 0 Å². The Labute approximate surface area is 103 Å². The Bertz CT molecular complexity index is 373. The molecule has 0 bridgehead atoms. The lowest BCUT2D eigenvalue weighted by atomic mass is 10.2. The van der Waals surface area contributed by atoms with E-state index in [2.05, 4.69) is 10.1 Å². The van der Waals surface area contributed by atoms with Crippen LogP contribution in [0.5, 0.6) is 0 Å². The SMILES string of the molecule is O=C(O)C1CNCCN1CC(=O)N1CCOC1=O. The predicted molar refractivity (Wildman–Crippen MR) is 58.9 cm³/mol. The van der Waals surface area contributed by atoms with E-state index in [1.165, 1.54) is 0 Å². The first-order valence-corrected chi connectivity index (χ1v) is 5.74. The largest absolute Gasteiger partial charge is 0.480 e. The molecule has 2 amide bonds. The third-order valence-electron chi connectivity index (χ3n) is 3.04. The molecule has 100 valence electrons. The van der Waals surface area contributed by atoms with Gasteiger partial charge in [0.2, 0.25) is 5.91 Å². The molecule has 0 spiro atoms. The van der Waals surface area contributed by atoms with E-state index in [1.807, 2.05) is 0 Å². The van der Waals surface area contributed by atoms with Crippen molar-refractivity contribution in [2.45, 2.75) is 6.04 Å². The van der Waals surface area contributed by atoms with E-state index in [-0.39, 0.29) is 19.7 Å². The van der Waals surface area contributed by atoms with E-state index in [0.717, 1.165) is 4.90 Å². The summed E-state index contributed by atoms with van der Waals surface area (Å²) in [4.78, 5) is 36.7. The van der Waals surface area contributed by atoms with Crippen LogP contribution in [0.25, 0.3) is 0 Å². The van der Waals surface area contributed by atoms with Crippen molar-refractivity contribution in [3.05, 3.63) is 0 Å². The minimum Gasteiger partial charge on any atom is -0.480 e. The number of hydrogen-bond acceptors (Lipinski definition) is 6. The van der Waals surface area contributed by atoms with Crippen molar-refractivity contribution < 1.29 is 24.2 Å². The summed E-state index contributed by atoms with van der Waals surface area (Å²) >= 11 is 0. The van der Waals surface area contributed by atoms with E-state index in [1.54, 1.807) is 4.90 Å². The quantitative estimate of drug-likeness (QED) is 0.623. The minimum atomic E-state index is -0.973. The standard InChI is InChI=1S/C10H15N3O5/c14-8(13-3-4-18-10(13)17)6-12-2-1-11-5-7(12)9(15)16/h7,11H,1-6H2,(H,15,16). The second-order valence-electron chi connectivity index (χ2n) is 4.19. The summed E-state index contributed by atoms with van der Waals surface area (Å²) in [6.07, 6.45) is -0.651. The number of cyclic esters (lactones) is 1. The average Bonchev–Trinajstić information content (AvgIpc) is 2.76. The molecule has 2 fully saturated rings. The van der Waals surface area contributed by atoms with Gasteiger partial charge in [-0.1, -0.05) is 0 Å². The molecule has 0 aromatic heterocycles. The summed E-state index contributed by atoms with van der Waals surface area (Å²) in [5.41, 5.74) is 0. The van der Waals surface area contributed by atoms with Crippen LogP contribution in [0.15, 0.2) is 0 Å². The van der Waals surface area contributed by atoms with Crippen LogP contribution in [-0.4, -0.2) is 78.2 Å². The Balaban J connectivity index is 1.96. The fourth-order valence-electron chi connectivity index (χ4n) is 2.06. The molecule has 1 unspecified atom stereocenters. The van der Waals surface area contributed by atoms with E-state index in [9.17, 15) is 14.4 Å². The van der Waals surface area contributed by atoms with Gasteiger partial charge in [0.25, 0.3) is 0 Å². The van der Waals surface area contributed by atoms with Crippen molar-refractivity contribution in [1.82, 2.24) is 15.1 Å². The zero-order valence-corrected chi connectivity index (χ0v) is 9.79. The number of aliphatic carboxylic acids is 1. The van der Waals surface area contributed by atoms with Gasteiger partial charge in [-0.05, 0) is 0 Å². The first kappa shape index (κ1) is 12.8. The third-order valence-corrected chi connectivity index (χ3v) is 3.04. The summed E-state index contributed by atoms with van der Waals surface area (Å²) in [5, 5.41) is 12.0. The lowest BCUT2D eigenvalue weighted by Gasteiger charge is -2.33. The van der Waals surface area contributed by atoms with Crippen LogP contribution in [0.2, 0.25) is 0 Å². The molecule has 0 aliphatic carbocycles. The fourth-order valence-corrected chi connectivity index (χ4v) is 2.06. The minimum absolute atomic E-state index is 0.0756. The van der Waals surface area contributed by atoms with Gasteiger partial charge in [0, 0.05) is 19.6 Å². The number of hydrogen-bond donors (Lipinski definition) is 2. The van der Waals surface area contributed by atoms with Gasteiger partial charge in [-0.25, -0.2) is 9.69 Å². The maximum atomic E-state index is 11.9. The Kier molecular flexibility index (Phi) is 3.78. The summed E-state index contributed by atoms with van der Waals surface area (Å²) in [6, 6.07) is -0.735. The number of piperazine rings is 1. The molecule has 2 rings (SSSR count). The van der Waals surface area contributed by atoms with Gasteiger partial charge in [-0.15, -0.1) is 0 Å². The topological polar surface area (TPSA) is 99.2 Å². The average molecular weight is 257 g/mol. The lowest BCUT2D eigenvalue weighted by Crippen LogP contribution is -2.57. The predicted octanol–water partition coefficient (Wildman–Crippen LogP) is -1.68. The van der Waals surface area contributed by atoms with Crippen molar-refractivity contribution in [1.29, 1.82) is 0 Å². The highest BCUT2D eigenvalue weighted by Gasteiger charge is 2.34. The third kappa shape index (κ3) is 2.59. The number of imide groups is 1. The van der Waals surface area contributed by atoms with Crippen LogP contribution in [0.4, 0.5) is 4.79 Å². The van der Waals surface area contributed by atoms with Gasteiger partial charge in [0.15, 0.2) is 0 Å². The molecule has 8 nitrogen and oxygen atoms in total. The van der Waals surface area contributed by atoms with E-state index in [0.29, 0.717) is 19.6 Å². The van der Waals surface area contributed by atoms with Crippen LogP contribution in [-0.2, 0) is 14.3 Å². The van der Waals surface area contributed by atoms with Crippen molar-refractivity contribution in [3.8, 4) is 0 Å². The van der Waals surface area contributed by atoms with Gasteiger partial charge >= 0.3 is 12.1 Å². The van der Waals surface area contributed by atoms with Gasteiger partial charge in [-0.2, -0.15) is 0 Å². The van der Waals surface area contributed by atoms with Crippen molar-refractivity contribution in [2.24, 2.45) is 0 Å². The summed E-state index contributed by atoms with van der Waals surface area (Å²) in [6.45, 7) is 1.75. The normalized spacial score (nSPS) is 25.0. The molecule has 0 radical (unpaired) electrons. The number of carboxylic acids is 1. The zero-order chi connectivity index (χ0) is 13.1. The van der Waals surface area contributed by atoms with Crippen molar-refractivity contribution in [2.75, 3.05) is 39.3 Å². The number of carboxylic acid groups (broad SMARTS) is 1. The van der Waals surface area contributed by atoms with Gasteiger partial charge in [-0.3, -0.25) is 14.5 Å². The molecule has 2 heterocycles. The van der Waals surface area contributed by atoms with Crippen LogP contribution >= 0.6 is 0 Å². The highest BCUT2D eigenvalue weighted by atomic mass is 16.6. The highest BCUT2D eigenvalue weighted by Crippen LogP contribution is 2.08. The molecule has 2 saturated heterocycles. The van der Waals surface area contributed by atoms with Crippen LogP contribution in [0, 0.1) is 0 Å². The van der Waals surface area contributed by atoms with Crippen LogP contribution in [0.3, 0.4) is 0 Å². The molecule has 2 aliphatic heterocycles. The number of nitrogens with one attached hydrogen (secondary N) is 1. The van der Waals surface area contributed by atoms with Gasteiger partial charge in [0.05, 0.1) is 13.1 Å². The Morgan fingerprint density at radius 1 is 1.44 bits per heavy atom. The zero-order valence-electron chi connectivity index (χ0n) is 9.79. The van der Waals surface area contributed by atoms with Crippen LogP contribution in [0.1, 0.15) is 0 Å². The summed E-state index contributed by atoms with van der Waals surface area (Å²) in [5.74, 6) is -1.38. The number of carbonyl (C=O) groups excluding carboxylic acids is 2. The molecular formula is C10H15N3O5. The fraction of sp³-hybridized carbons (Fsp3) is 0.700. The Morgan fingerprint density at radius 3 is 2.83 bits per heavy atom. The van der Waals surface area contributed by atoms with Gasteiger partial charge in [0.1, 0.15) is 12.6 Å². The number of amides is 2. The molecule has 1 atom stereocenters. The maximum Gasteiger partial charge on any atom is 0.416 e. The molecule has 2 N–H and O–H groups in total. The number of ether oxygens (including phenoxy) is 1. The van der Waals surface area contributed by atoms with E-state index >= 15 is 0 Å². The van der Waals surface area contributed by atoms with Crippen LogP contribution < -0.4 is 5.32 Å². The molecule has 8 heteroatoms. The summed E-state index contributed by atoms with van der Waals surface area (Å²) < 4.78 is 4.67. The molecule has 2 aliphatic rings. The molecule has 0 saturated carbocycles. The number of carbonyl (C=O) groups is 3. The first-order chi connectivity index (χ1) is 8.59. The molecule has 18 heavy (non-hydrogen) atoms. The second-order valence-corrected chi connectivity index (χ2v) is 4.19. The summed E-state index contributed by atoms with van der Waals surface area (Å²) in [7, 11) is 0. The molecule has 0 aromatic rings. The molecule has 0 aromatic carbocycles. The molecular weight excluding hydrogens is 242 g/mol. The maximum absolute atomic E-state index is 11.9. The number of rotatable bonds is 3. The Hall–Kier alpha value is -1.67. The van der Waals surface area contributed by atoms with E-state index in [4.69, 9.17) is 5.11 Å². The first-order valence-electron chi connectivity index (χ1n) is 5.74.